The summed E-state index contributed by atoms with van der Waals surface area (Å²) in [4.78, 5) is 24.8. The van der Waals surface area contributed by atoms with Gasteiger partial charge in [-0.05, 0) is 25.7 Å². The third kappa shape index (κ3) is 3.91. The SMILES string of the molecule is NNC(=O)C1CCC(CN(CC(N)=O)C2CCCC2)O1. The van der Waals surface area contributed by atoms with E-state index < -0.39 is 6.10 Å². The Bertz CT molecular complexity index is 358. The van der Waals surface area contributed by atoms with E-state index in [4.69, 9.17) is 16.3 Å². The predicted molar refractivity (Wildman–Crippen MR) is 73.2 cm³/mol. The summed E-state index contributed by atoms with van der Waals surface area (Å²) < 4.78 is 5.70. The van der Waals surface area contributed by atoms with Crippen LogP contribution in [0.4, 0.5) is 0 Å². The molecule has 0 radical (unpaired) electrons. The summed E-state index contributed by atoms with van der Waals surface area (Å²) in [5.74, 6) is 4.52. The van der Waals surface area contributed by atoms with Crippen molar-refractivity contribution in [3.8, 4) is 0 Å². The molecule has 1 aliphatic heterocycles. The van der Waals surface area contributed by atoms with Gasteiger partial charge in [0.1, 0.15) is 6.10 Å². The van der Waals surface area contributed by atoms with Crippen molar-refractivity contribution in [3.05, 3.63) is 0 Å². The maximum absolute atomic E-state index is 11.4. The van der Waals surface area contributed by atoms with Crippen LogP contribution in [0.5, 0.6) is 0 Å². The largest absolute Gasteiger partial charge is 0.369 e. The maximum atomic E-state index is 11.4. The Hall–Kier alpha value is -1.18. The standard InChI is InChI=1S/C13H24N4O3/c14-12(18)8-17(9-3-1-2-4-9)7-10-5-6-11(20-10)13(19)16-15/h9-11H,1-8,15H2,(H2,14,18)(H,16,19). The molecule has 1 aliphatic carbocycles. The summed E-state index contributed by atoms with van der Waals surface area (Å²) in [5, 5.41) is 0. The van der Waals surface area contributed by atoms with Gasteiger partial charge in [-0.1, -0.05) is 12.8 Å². The molecule has 0 spiro atoms. The van der Waals surface area contributed by atoms with Crippen molar-refractivity contribution in [2.24, 2.45) is 11.6 Å². The van der Waals surface area contributed by atoms with Crippen LogP contribution in [0.25, 0.3) is 0 Å². The number of amides is 2. The summed E-state index contributed by atoms with van der Waals surface area (Å²) in [6.45, 7) is 0.917. The molecular formula is C13H24N4O3. The number of nitrogens with zero attached hydrogens (tertiary/aromatic N) is 1. The van der Waals surface area contributed by atoms with E-state index in [1.54, 1.807) is 0 Å². The normalized spacial score (nSPS) is 27.1. The van der Waals surface area contributed by atoms with Gasteiger partial charge in [0.15, 0.2) is 0 Å². The van der Waals surface area contributed by atoms with Gasteiger partial charge in [0.05, 0.1) is 12.6 Å². The molecule has 114 valence electrons. The van der Waals surface area contributed by atoms with Crippen molar-refractivity contribution < 1.29 is 14.3 Å². The lowest BCUT2D eigenvalue weighted by Gasteiger charge is -2.29. The summed E-state index contributed by atoms with van der Waals surface area (Å²) >= 11 is 0. The molecule has 0 aromatic rings. The number of hydrogen-bond acceptors (Lipinski definition) is 5. The molecule has 2 fully saturated rings. The Balaban J connectivity index is 1.88. The van der Waals surface area contributed by atoms with Crippen molar-refractivity contribution in [1.29, 1.82) is 0 Å². The van der Waals surface area contributed by atoms with Crippen LogP contribution in [0, 0.1) is 0 Å². The lowest BCUT2D eigenvalue weighted by molar-refractivity contribution is -0.133. The van der Waals surface area contributed by atoms with Crippen LogP contribution in [-0.4, -0.2) is 48.1 Å². The third-order valence-corrected chi connectivity index (χ3v) is 4.18. The van der Waals surface area contributed by atoms with Crippen LogP contribution < -0.4 is 17.0 Å². The lowest BCUT2D eigenvalue weighted by atomic mass is 10.1. The highest BCUT2D eigenvalue weighted by Crippen LogP contribution is 2.26. The Morgan fingerprint density at radius 1 is 1.20 bits per heavy atom. The minimum Gasteiger partial charge on any atom is -0.369 e. The second-order valence-corrected chi connectivity index (χ2v) is 5.67. The average Bonchev–Trinajstić information content (AvgIpc) is 3.07. The number of hydrogen-bond donors (Lipinski definition) is 3. The van der Waals surface area contributed by atoms with Gasteiger partial charge >= 0.3 is 0 Å². The molecule has 2 rings (SSSR count). The first-order valence-corrected chi connectivity index (χ1v) is 7.28. The maximum Gasteiger partial charge on any atom is 0.263 e. The molecule has 0 aromatic heterocycles. The zero-order valence-corrected chi connectivity index (χ0v) is 11.7. The van der Waals surface area contributed by atoms with Crippen LogP contribution in [0.15, 0.2) is 0 Å². The van der Waals surface area contributed by atoms with Crippen molar-refractivity contribution in [2.75, 3.05) is 13.1 Å². The van der Waals surface area contributed by atoms with Gasteiger partial charge in [-0.25, -0.2) is 5.84 Å². The zero-order chi connectivity index (χ0) is 14.5. The van der Waals surface area contributed by atoms with Gasteiger partial charge in [0, 0.05) is 12.6 Å². The molecule has 20 heavy (non-hydrogen) atoms. The molecule has 0 aromatic carbocycles. The highest BCUT2D eigenvalue weighted by molar-refractivity contribution is 5.80. The molecule has 1 saturated carbocycles. The molecule has 1 saturated heterocycles. The molecule has 0 bridgehead atoms. The van der Waals surface area contributed by atoms with E-state index in [0.717, 1.165) is 19.3 Å². The minimum atomic E-state index is -0.469. The van der Waals surface area contributed by atoms with E-state index in [1.807, 2.05) is 0 Å². The van der Waals surface area contributed by atoms with Gasteiger partial charge in [-0.15, -0.1) is 0 Å². The van der Waals surface area contributed by atoms with Gasteiger partial charge in [0.25, 0.3) is 5.91 Å². The van der Waals surface area contributed by atoms with E-state index in [0.29, 0.717) is 19.0 Å². The van der Waals surface area contributed by atoms with Crippen molar-refractivity contribution in [2.45, 2.75) is 56.8 Å². The van der Waals surface area contributed by atoms with Crippen LogP contribution in [0.2, 0.25) is 0 Å². The van der Waals surface area contributed by atoms with Gasteiger partial charge in [-0.3, -0.25) is 19.9 Å². The van der Waals surface area contributed by atoms with Crippen LogP contribution in [-0.2, 0) is 14.3 Å². The zero-order valence-electron chi connectivity index (χ0n) is 11.7. The van der Waals surface area contributed by atoms with Gasteiger partial charge < -0.3 is 10.5 Å². The molecule has 2 amide bonds. The number of nitrogens with two attached hydrogens (primary N) is 2. The van der Waals surface area contributed by atoms with Crippen LogP contribution >= 0.6 is 0 Å². The summed E-state index contributed by atoms with van der Waals surface area (Å²) in [5.41, 5.74) is 7.45. The smallest absolute Gasteiger partial charge is 0.263 e. The second kappa shape index (κ2) is 7.01. The number of nitrogens with one attached hydrogen (secondary N) is 1. The first-order chi connectivity index (χ1) is 9.60. The Kier molecular flexibility index (Phi) is 5.33. The van der Waals surface area contributed by atoms with Gasteiger partial charge in [0.2, 0.25) is 5.91 Å². The Morgan fingerprint density at radius 3 is 2.50 bits per heavy atom. The van der Waals surface area contributed by atoms with Crippen molar-refractivity contribution >= 4 is 11.8 Å². The fourth-order valence-electron chi connectivity index (χ4n) is 3.20. The number of primary amides is 1. The number of rotatable bonds is 6. The van der Waals surface area contributed by atoms with E-state index in [-0.39, 0.29) is 24.5 Å². The van der Waals surface area contributed by atoms with Crippen LogP contribution in [0.1, 0.15) is 38.5 Å². The first-order valence-electron chi connectivity index (χ1n) is 7.28. The average molecular weight is 284 g/mol. The number of carbonyl (C=O) groups excluding carboxylic acids is 2. The number of hydrazine groups is 1. The summed E-state index contributed by atoms with van der Waals surface area (Å²) in [6.07, 6.45) is 5.58. The second-order valence-electron chi connectivity index (χ2n) is 5.67. The monoisotopic (exact) mass is 284 g/mol. The molecule has 7 nitrogen and oxygen atoms in total. The Morgan fingerprint density at radius 2 is 1.90 bits per heavy atom. The predicted octanol–water partition coefficient (Wildman–Crippen LogP) is -0.746. The highest BCUT2D eigenvalue weighted by atomic mass is 16.5. The van der Waals surface area contributed by atoms with Crippen molar-refractivity contribution in [3.63, 3.8) is 0 Å². The highest BCUT2D eigenvalue weighted by Gasteiger charge is 2.33. The lowest BCUT2D eigenvalue weighted by Crippen LogP contribution is -2.45. The topological polar surface area (TPSA) is 111 Å². The fourth-order valence-corrected chi connectivity index (χ4v) is 3.20. The molecule has 2 aliphatic rings. The molecular weight excluding hydrogens is 260 g/mol. The summed E-state index contributed by atoms with van der Waals surface area (Å²) in [6, 6.07) is 0.411. The molecule has 5 N–H and O–H groups in total. The minimum absolute atomic E-state index is 0.0303. The van der Waals surface area contributed by atoms with Crippen LogP contribution in [0.3, 0.4) is 0 Å². The van der Waals surface area contributed by atoms with Gasteiger partial charge in [-0.2, -0.15) is 0 Å². The Labute approximate surface area is 119 Å². The number of carbonyl (C=O) groups is 2. The van der Waals surface area contributed by atoms with E-state index in [1.165, 1.54) is 12.8 Å². The molecule has 7 heteroatoms. The van der Waals surface area contributed by atoms with E-state index >= 15 is 0 Å². The molecule has 2 unspecified atom stereocenters. The van der Waals surface area contributed by atoms with E-state index in [9.17, 15) is 9.59 Å². The first kappa shape index (κ1) is 15.2. The fraction of sp³-hybridized carbons (Fsp3) is 0.846. The number of ether oxygens (including phenoxy) is 1. The summed E-state index contributed by atoms with van der Waals surface area (Å²) in [7, 11) is 0. The van der Waals surface area contributed by atoms with Crippen molar-refractivity contribution in [1.82, 2.24) is 10.3 Å². The quantitative estimate of drug-likeness (QED) is 0.338. The molecule has 2 atom stereocenters. The third-order valence-electron chi connectivity index (χ3n) is 4.18. The van der Waals surface area contributed by atoms with E-state index in [2.05, 4.69) is 10.3 Å². The molecule has 1 heterocycles.